The van der Waals surface area contributed by atoms with Crippen LogP contribution < -0.4 is 0 Å². The Bertz CT molecular complexity index is 413. The fourth-order valence-corrected chi connectivity index (χ4v) is 4.03. The van der Waals surface area contributed by atoms with Gasteiger partial charge in [-0.15, -0.1) is 0 Å². The molecule has 1 saturated heterocycles. The van der Waals surface area contributed by atoms with Crippen LogP contribution >= 0.6 is 0 Å². The Kier molecular flexibility index (Phi) is 11.5. The fourth-order valence-electron chi connectivity index (χ4n) is 4.03. The minimum Gasteiger partial charge on any atom is -0.481 e. The number of unbranched alkanes of at least 4 members (excludes halogenated alkanes) is 10. The van der Waals surface area contributed by atoms with Gasteiger partial charge in [-0.25, -0.2) is 0 Å². The molecule has 0 aromatic carbocycles. The highest BCUT2D eigenvalue weighted by molar-refractivity contribution is 5.66. The third kappa shape index (κ3) is 8.93. The van der Waals surface area contributed by atoms with Gasteiger partial charge in [0.1, 0.15) is 5.72 Å². The molecule has 5 nitrogen and oxygen atoms in total. The first-order valence-corrected chi connectivity index (χ1v) is 11.2. The first-order valence-electron chi connectivity index (χ1n) is 11.2. The zero-order valence-electron chi connectivity index (χ0n) is 18.0. The molecule has 0 radical (unpaired) electrons. The van der Waals surface area contributed by atoms with E-state index in [1.165, 1.54) is 37.2 Å². The van der Waals surface area contributed by atoms with E-state index < -0.39 is 11.7 Å². The second kappa shape index (κ2) is 12.7. The number of nitrogens with zero attached hydrogens (tertiary/aromatic N) is 1. The Morgan fingerprint density at radius 3 is 1.81 bits per heavy atom. The molecule has 0 bridgehead atoms. The van der Waals surface area contributed by atoms with Crippen molar-refractivity contribution in [1.29, 1.82) is 0 Å². The normalized spacial score (nSPS) is 22.4. The van der Waals surface area contributed by atoms with Crippen molar-refractivity contribution in [3.05, 3.63) is 0 Å². The van der Waals surface area contributed by atoms with Crippen molar-refractivity contribution < 1.29 is 19.8 Å². The Balaban J connectivity index is 2.32. The Morgan fingerprint density at radius 1 is 0.889 bits per heavy atom. The first-order chi connectivity index (χ1) is 12.8. The molecule has 0 aromatic rings. The SMILES string of the molecule is CCCCCCCC[C@]1(CCCCCCCCC(=O)O)OCC(C)(C)N1O. The van der Waals surface area contributed by atoms with Crippen LogP contribution in [0.4, 0.5) is 0 Å². The molecule has 1 aliphatic heterocycles. The lowest BCUT2D eigenvalue weighted by Gasteiger charge is -2.37. The van der Waals surface area contributed by atoms with Gasteiger partial charge >= 0.3 is 5.97 Å². The largest absolute Gasteiger partial charge is 0.481 e. The molecular weight excluding hydrogens is 342 g/mol. The number of rotatable bonds is 16. The second-order valence-electron chi connectivity index (χ2n) is 8.89. The van der Waals surface area contributed by atoms with Gasteiger partial charge in [0.05, 0.1) is 12.1 Å². The van der Waals surface area contributed by atoms with Crippen molar-refractivity contribution in [2.75, 3.05) is 6.61 Å². The van der Waals surface area contributed by atoms with Crippen LogP contribution in [0.25, 0.3) is 0 Å². The summed E-state index contributed by atoms with van der Waals surface area (Å²) in [6, 6.07) is 0. The molecule has 0 saturated carbocycles. The lowest BCUT2D eigenvalue weighted by Crippen LogP contribution is -2.50. The lowest BCUT2D eigenvalue weighted by atomic mass is 9.95. The molecule has 0 unspecified atom stereocenters. The Hall–Kier alpha value is -0.650. The van der Waals surface area contributed by atoms with Crippen LogP contribution in [0.2, 0.25) is 0 Å². The van der Waals surface area contributed by atoms with Gasteiger partial charge in [-0.3, -0.25) is 4.79 Å². The quantitative estimate of drug-likeness (QED) is 0.312. The molecule has 0 aromatic heterocycles. The van der Waals surface area contributed by atoms with Gasteiger partial charge in [-0.05, 0) is 46.0 Å². The molecule has 1 atom stereocenters. The van der Waals surface area contributed by atoms with Gasteiger partial charge in [0, 0.05) is 6.42 Å². The number of carboxylic acids is 1. The number of carboxylic acid groups (broad SMARTS) is 1. The third-order valence-electron chi connectivity index (χ3n) is 5.78. The van der Waals surface area contributed by atoms with E-state index in [0.29, 0.717) is 6.61 Å². The summed E-state index contributed by atoms with van der Waals surface area (Å²) in [4.78, 5) is 10.5. The second-order valence-corrected chi connectivity index (χ2v) is 8.89. The van der Waals surface area contributed by atoms with E-state index in [4.69, 9.17) is 9.84 Å². The Morgan fingerprint density at radius 2 is 1.37 bits per heavy atom. The van der Waals surface area contributed by atoms with Crippen LogP contribution in [-0.2, 0) is 9.53 Å². The summed E-state index contributed by atoms with van der Waals surface area (Å²) in [5, 5.41) is 20.9. The molecule has 1 fully saturated rings. The highest BCUT2D eigenvalue weighted by atomic mass is 16.6. The van der Waals surface area contributed by atoms with Crippen molar-refractivity contribution in [2.24, 2.45) is 0 Å². The van der Waals surface area contributed by atoms with Crippen LogP contribution in [0.1, 0.15) is 117 Å². The van der Waals surface area contributed by atoms with Gasteiger partial charge in [0.15, 0.2) is 0 Å². The smallest absolute Gasteiger partial charge is 0.303 e. The van der Waals surface area contributed by atoms with Crippen LogP contribution in [0.15, 0.2) is 0 Å². The highest BCUT2D eigenvalue weighted by Gasteiger charge is 2.50. The fraction of sp³-hybridized carbons (Fsp3) is 0.955. The number of aliphatic carboxylic acids is 1. The molecule has 2 N–H and O–H groups in total. The summed E-state index contributed by atoms with van der Waals surface area (Å²) in [6.45, 7) is 6.89. The van der Waals surface area contributed by atoms with Crippen LogP contribution in [0.5, 0.6) is 0 Å². The maximum Gasteiger partial charge on any atom is 0.303 e. The number of hydrogen-bond donors (Lipinski definition) is 2. The van der Waals surface area contributed by atoms with Gasteiger partial charge in [-0.1, -0.05) is 64.7 Å². The van der Waals surface area contributed by atoms with E-state index >= 15 is 0 Å². The summed E-state index contributed by atoms with van der Waals surface area (Å²) in [7, 11) is 0. The number of hydrogen-bond acceptors (Lipinski definition) is 4. The van der Waals surface area contributed by atoms with Crippen molar-refractivity contribution in [2.45, 2.75) is 128 Å². The van der Waals surface area contributed by atoms with E-state index in [1.54, 1.807) is 0 Å². The monoisotopic (exact) mass is 385 g/mol. The molecule has 0 amide bonds. The average Bonchev–Trinajstić information content (AvgIpc) is 2.84. The third-order valence-corrected chi connectivity index (χ3v) is 5.78. The maximum atomic E-state index is 10.8. The van der Waals surface area contributed by atoms with Crippen LogP contribution in [0.3, 0.4) is 0 Å². The van der Waals surface area contributed by atoms with E-state index in [2.05, 4.69) is 6.92 Å². The molecule has 1 rings (SSSR count). The molecule has 160 valence electrons. The van der Waals surface area contributed by atoms with Crippen molar-refractivity contribution in [3.63, 3.8) is 0 Å². The van der Waals surface area contributed by atoms with Gasteiger partial charge in [-0.2, -0.15) is 5.06 Å². The molecule has 0 aliphatic carbocycles. The Labute approximate surface area is 166 Å². The maximum absolute atomic E-state index is 10.8. The zero-order chi connectivity index (χ0) is 20.2. The van der Waals surface area contributed by atoms with Gasteiger partial charge < -0.3 is 15.1 Å². The minimum atomic E-state index is -0.698. The minimum absolute atomic E-state index is 0.282. The molecule has 1 aliphatic rings. The summed E-state index contributed by atoms with van der Waals surface area (Å²) >= 11 is 0. The number of carbonyl (C=O) groups is 1. The van der Waals surface area contributed by atoms with E-state index in [-0.39, 0.29) is 12.0 Å². The highest BCUT2D eigenvalue weighted by Crippen LogP contribution is 2.40. The lowest BCUT2D eigenvalue weighted by molar-refractivity contribution is -0.256. The van der Waals surface area contributed by atoms with Gasteiger partial charge in [0.2, 0.25) is 0 Å². The number of hydroxylamine groups is 2. The van der Waals surface area contributed by atoms with Crippen molar-refractivity contribution in [3.8, 4) is 0 Å². The predicted molar refractivity (Wildman–Crippen MR) is 109 cm³/mol. The molecule has 5 heteroatoms. The first kappa shape index (κ1) is 24.4. The standard InChI is InChI=1S/C22H43NO4/c1-4-5-6-7-11-14-17-22(23(26)21(2,3)19-27-22)18-15-12-9-8-10-13-16-20(24)25/h26H,4-19H2,1-3H3,(H,24,25)/t22-/m1/s1. The van der Waals surface area contributed by atoms with Gasteiger partial charge in [0.25, 0.3) is 0 Å². The average molecular weight is 386 g/mol. The number of ether oxygens (including phenoxy) is 1. The molecule has 1 heterocycles. The van der Waals surface area contributed by atoms with Crippen molar-refractivity contribution >= 4 is 5.97 Å². The molecular formula is C22H43NO4. The van der Waals surface area contributed by atoms with Crippen molar-refractivity contribution in [1.82, 2.24) is 5.06 Å². The summed E-state index contributed by atoms with van der Waals surface area (Å²) in [5.74, 6) is -0.698. The van der Waals surface area contributed by atoms with E-state index in [9.17, 15) is 10.0 Å². The van der Waals surface area contributed by atoms with E-state index in [0.717, 1.165) is 57.8 Å². The topological polar surface area (TPSA) is 70.0 Å². The molecule has 27 heavy (non-hydrogen) atoms. The van der Waals surface area contributed by atoms with Crippen LogP contribution in [0, 0.1) is 0 Å². The summed E-state index contributed by atoms with van der Waals surface area (Å²) in [6.07, 6.45) is 15.7. The predicted octanol–water partition coefficient (Wildman–Crippen LogP) is 6.14. The zero-order valence-corrected chi connectivity index (χ0v) is 18.0. The summed E-state index contributed by atoms with van der Waals surface area (Å²) < 4.78 is 6.18. The molecule has 0 spiro atoms. The summed E-state index contributed by atoms with van der Waals surface area (Å²) in [5.41, 5.74) is -0.837. The van der Waals surface area contributed by atoms with E-state index in [1.807, 2.05) is 13.8 Å². The van der Waals surface area contributed by atoms with Crippen LogP contribution in [-0.4, -0.2) is 39.2 Å².